The summed E-state index contributed by atoms with van der Waals surface area (Å²) >= 11 is 0. The van der Waals surface area contributed by atoms with E-state index in [9.17, 15) is 13.2 Å². The van der Waals surface area contributed by atoms with Gasteiger partial charge in [-0.15, -0.1) is 0 Å². The molecular weight excluding hydrogens is 637 g/mol. The lowest BCUT2D eigenvalue weighted by atomic mass is 9.97. The molecule has 1 unspecified atom stereocenters. The van der Waals surface area contributed by atoms with Crippen LogP contribution in [0, 0.1) is 5.92 Å². The Morgan fingerprint density at radius 3 is 2.35 bits per heavy atom. The van der Waals surface area contributed by atoms with Gasteiger partial charge in [0.2, 0.25) is 10.0 Å². The Morgan fingerprint density at radius 1 is 0.857 bits per heavy atom. The summed E-state index contributed by atoms with van der Waals surface area (Å²) in [5.74, 6) is 0.109. The zero-order valence-corrected chi connectivity index (χ0v) is 29.0. The van der Waals surface area contributed by atoms with Gasteiger partial charge < -0.3 is 25.8 Å². The molecule has 3 aromatic carbocycles. The summed E-state index contributed by atoms with van der Waals surface area (Å²) in [6.45, 7) is 4.14. The Morgan fingerprint density at radius 2 is 1.57 bits per heavy atom. The lowest BCUT2D eigenvalue weighted by molar-refractivity contribution is -0.112. The molecule has 0 saturated carbocycles. The number of likely N-dealkylation sites (N-methyl/N-ethyl adjacent to an activating group) is 1. The van der Waals surface area contributed by atoms with Crippen molar-refractivity contribution in [3.05, 3.63) is 108 Å². The summed E-state index contributed by atoms with van der Waals surface area (Å²) in [6, 6.07) is 25.3. The molecule has 1 fully saturated rings. The van der Waals surface area contributed by atoms with Crippen molar-refractivity contribution in [2.75, 3.05) is 68.2 Å². The van der Waals surface area contributed by atoms with E-state index in [0.717, 1.165) is 34.0 Å². The average molecular weight is 679 g/mol. The van der Waals surface area contributed by atoms with Gasteiger partial charge in [-0.1, -0.05) is 43.3 Å². The largest absolute Gasteiger partial charge is 0.378 e. The molecule has 1 aliphatic carbocycles. The molecule has 1 aliphatic heterocycles. The Bertz CT molecular complexity index is 2000. The summed E-state index contributed by atoms with van der Waals surface area (Å²) in [5, 5.41) is 9.81. The number of carbonyl (C=O) groups excluding carboxylic acids is 1. The van der Waals surface area contributed by atoms with E-state index in [0.29, 0.717) is 54.6 Å². The maximum absolute atomic E-state index is 13.5. The van der Waals surface area contributed by atoms with Crippen molar-refractivity contribution >= 4 is 50.2 Å². The minimum atomic E-state index is -3.67. The standard InChI is InChI=1S/C37H42N8O3S/c1-26-15-16-27(21-35(26)49(47,48)45-19-17-44(4)18-20-45)37(46)42-29-10-7-9-28(22-29)40-33-14-6-5-13-32(33)34-24-36(39-25-38-34)41-30-11-8-12-31(23-30)43(2)3/h5-14,16,21-26,40H,15,17-20H2,1-4H3,(H,42,46)(H,38,39,41). The normalized spacial score (nSPS) is 17.1. The third kappa shape index (κ3) is 7.99. The van der Waals surface area contributed by atoms with Gasteiger partial charge in [-0.05, 0) is 67.9 Å². The van der Waals surface area contributed by atoms with Gasteiger partial charge in [0.1, 0.15) is 12.1 Å². The first-order chi connectivity index (χ1) is 23.6. The minimum Gasteiger partial charge on any atom is -0.378 e. The number of carbonyl (C=O) groups is 1. The van der Waals surface area contributed by atoms with Crippen LogP contribution in [0.3, 0.4) is 0 Å². The highest BCUT2D eigenvalue weighted by Crippen LogP contribution is 2.33. The summed E-state index contributed by atoms with van der Waals surface area (Å²) in [4.78, 5) is 26.8. The zero-order valence-electron chi connectivity index (χ0n) is 28.2. The Kier molecular flexibility index (Phi) is 10.1. The molecule has 1 amide bonds. The van der Waals surface area contributed by atoms with Gasteiger partial charge in [-0.25, -0.2) is 18.4 Å². The van der Waals surface area contributed by atoms with Gasteiger partial charge in [-0.2, -0.15) is 4.31 Å². The lowest BCUT2D eigenvalue weighted by Crippen LogP contribution is -2.47. The number of rotatable bonds is 10. The number of anilines is 6. The van der Waals surface area contributed by atoms with Crippen LogP contribution >= 0.6 is 0 Å². The van der Waals surface area contributed by atoms with Gasteiger partial charge in [-0.3, -0.25) is 4.79 Å². The quantitative estimate of drug-likeness (QED) is 0.184. The molecule has 0 bridgehead atoms. The third-order valence-electron chi connectivity index (χ3n) is 8.74. The van der Waals surface area contributed by atoms with Gasteiger partial charge in [0.25, 0.3) is 5.91 Å². The number of nitrogens with zero attached hydrogens (tertiary/aromatic N) is 5. The Balaban J connectivity index is 1.16. The number of aromatic nitrogens is 2. The Labute approximate surface area is 288 Å². The van der Waals surface area contributed by atoms with E-state index in [1.165, 1.54) is 10.6 Å². The number of nitrogens with one attached hydrogen (secondary N) is 3. The number of para-hydroxylation sites is 1. The molecule has 0 radical (unpaired) electrons. The second kappa shape index (κ2) is 14.6. The molecule has 6 rings (SSSR count). The zero-order chi connectivity index (χ0) is 34.5. The Hall–Kier alpha value is -5.04. The van der Waals surface area contributed by atoms with E-state index in [4.69, 9.17) is 0 Å². The summed E-state index contributed by atoms with van der Waals surface area (Å²) in [7, 11) is 2.32. The second-order valence-electron chi connectivity index (χ2n) is 12.6. The molecule has 12 heteroatoms. The van der Waals surface area contributed by atoms with Crippen LogP contribution in [0.4, 0.5) is 34.3 Å². The fourth-order valence-electron chi connectivity index (χ4n) is 5.87. The van der Waals surface area contributed by atoms with Crippen molar-refractivity contribution in [1.82, 2.24) is 19.2 Å². The number of allylic oxidation sites excluding steroid dienone is 2. The molecule has 1 aromatic heterocycles. The first kappa shape index (κ1) is 33.8. The predicted molar refractivity (Wildman–Crippen MR) is 198 cm³/mol. The fraction of sp³-hybridized carbons (Fsp3) is 0.270. The highest BCUT2D eigenvalue weighted by molar-refractivity contribution is 7.93. The highest BCUT2D eigenvalue weighted by Gasteiger charge is 2.34. The van der Waals surface area contributed by atoms with Crippen molar-refractivity contribution < 1.29 is 13.2 Å². The van der Waals surface area contributed by atoms with Crippen LogP contribution in [-0.2, 0) is 14.8 Å². The second-order valence-corrected chi connectivity index (χ2v) is 14.6. The van der Waals surface area contributed by atoms with Gasteiger partial charge >= 0.3 is 0 Å². The fourth-order valence-corrected chi connectivity index (χ4v) is 7.69. The number of hydrogen-bond acceptors (Lipinski definition) is 9. The van der Waals surface area contributed by atoms with Crippen molar-refractivity contribution in [2.24, 2.45) is 5.92 Å². The summed E-state index contributed by atoms with van der Waals surface area (Å²) < 4.78 is 28.6. The third-order valence-corrected chi connectivity index (χ3v) is 10.9. The molecular formula is C37H42N8O3S. The van der Waals surface area contributed by atoms with E-state index < -0.39 is 10.0 Å². The SMILES string of the molecule is CC1CC=C(C(=O)Nc2cccc(Nc3ccccc3-c3cc(Nc4cccc(N(C)C)c4)ncn3)c2)C=C1S(=O)(=O)N1CCN(C)CC1. The van der Waals surface area contributed by atoms with Crippen molar-refractivity contribution in [2.45, 2.75) is 13.3 Å². The van der Waals surface area contributed by atoms with Crippen molar-refractivity contribution in [1.29, 1.82) is 0 Å². The molecule has 1 saturated heterocycles. The molecule has 2 heterocycles. The molecule has 1 atom stereocenters. The van der Waals surface area contributed by atoms with Crippen LogP contribution in [0.25, 0.3) is 11.3 Å². The van der Waals surface area contributed by atoms with Crippen LogP contribution in [0.5, 0.6) is 0 Å². The molecule has 2 aliphatic rings. The maximum Gasteiger partial charge on any atom is 0.255 e. The van der Waals surface area contributed by atoms with E-state index in [1.807, 2.05) is 106 Å². The van der Waals surface area contributed by atoms with Crippen molar-refractivity contribution in [3.8, 4) is 11.3 Å². The van der Waals surface area contributed by atoms with Crippen LogP contribution in [0.2, 0.25) is 0 Å². The average Bonchev–Trinajstić information content (AvgIpc) is 3.09. The van der Waals surface area contributed by atoms with Crippen LogP contribution < -0.4 is 20.9 Å². The van der Waals surface area contributed by atoms with Crippen LogP contribution in [0.1, 0.15) is 13.3 Å². The number of benzene rings is 3. The summed E-state index contributed by atoms with van der Waals surface area (Å²) in [6.07, 6.45) is 5.37. The van der Waals surface area contributed by atoms with Crippen molar-refractivity contribution in [3.63, 3.8) is 0 Å². The smallest absolute Gasteiger partial charge is 0.255 e. The van der Waals surface area contributed by atoms with E-state index in [-0.39, 0.29) is 11.8 Å². The predicted octanol–water partition coefficient (Wildman–Crippen LogP) is 6.06. The van der Waals surface area contributed by atoms with E-state index in [1.54, 1.807) is 12.1 Å². The maximum atomic E-state index is 13.5. The molecule has 0 spiro atoms. The van der Waals surface area contributed by atoms with Gasteiger partial charge in [0, 0.05) is 85.9 Å². The topological polar surface area (TPSA) is 123 Å². The van der Waals surface area contributed by atoms with Gasteiger partial charge in [0.05, 0.1) is 10.6 Å². The highest BCUT2D eigenvalue weighted by atomic mass is 32.2. The number of piperazine rings is 1. The number of amides is 1. The number of hydrogen-bond donors (Lipinski definition) is 3. The van der Waals surface area contributed by atoms with Gasteiger partial charge in [0.15, 0.2) is 0 Å². The molecule has 3 N–H and O–H groups in total. The first-order valence-corrected chi connectivity index (χ1v) is 17.8. The molecule has 254 valence electrons. The molecule has 11 nitrogen and oxygen atoms in total. The monoisotopic (exact) mass is 678 g/mol. The molecule has 4 aromatic rings. The minimum absolute atomic E-state index is 0.204. The van der Waals surface area contributed by atoms with E-state index >= 15 is 0 Å². The van der Waals surface area contributed by atoms with E-state index in [2.05, 4.69) is 36.9 Å². The number of sulfonamides is 1. The lowest BCUT2D eigenvalue weighted by Gasteiger charge is -2.33. The van der Waals surface area contributed by atoms with Crippen LogP contribution in [0.15, 0.2) is 108 Å². The van der Waals surface area contributed by atoms with Crippen LogP contribution in [-0.4, -0.2) is 80.8 Å². The summed E-state index contributed by atoms with van der Waals surface area (Å²) in [5.41, 5.74) is 6.13. The first-order valence-electron chi connectivity index (χ1n) is 16.3. The molecule has 49 heavy (non-hydrogen) atoms.